The first-order valence-electron chi connectivity index (χ1n) is 12.3. The molecular formula is C27H35N5O3. The average Bonchev–Trinajstić information content (AvgIpc) is 2.87. The fourth-order valence-electron chi connectivity index (χ4n) is 4.65. The number of carbonyl (C=O) groups is 1. The second-order valence-electron chi connectivity index (χ2n) is 9.56. The molecule has 3 aromatic rings. The van der Waals surface area contributed by atoms with Crippen molar-refractivity contribution in [3.63, 3.8) is 0 Å². The molecule has 35 heavy (non-hydrogen) atoms. The van der Waals surface area contributed by atoms with E-state index < -0.39 is 5.60 Å². The number of carbonyl (C=O) groups excluding carboxylic acids is 1. The maximum absolute atomic E-state index is 13.1. The number of rotatable bonds is 9. The van der Waals surface area contributed by atoms with Crippen molar-refractivity contribution in [2.24, 2.45) is 0 Å². The molecule has 1 saturated heterocycles. The lowest BCUT2D eigenvalue weighted by molar-refractivity contribution is -0.136. The first-order valence-corrected chi connectivity index (χ1v) is 12.3. The fourth-order valence-corrected chi connectivity index (χ4v) is 4.65. The lowest BCUT2D eigenvalue weighted by atomic mass is 9.90. The maximum atomic E-state index is 13.1. The van der Waals surface area contributed by atoms with Crippen LogP contribution in [0.4, 0.5) is 5.69 Å². The minimum atomic E-state index is -1.05. The third kappa shape index (κ3) is 6.07. The van der Waals surface area contributed by atoms with Crippen LogP contribution < -0.4 is 16.2 Å². The van der Waals surface area contributed by atoms with Gasteiger partial charge in [-0.15, -0.1) is 0 Å². The molecule has 0 spiro atoms. The molecule has 1 aliphatic rings. The standard InChI is InChI=1S/C27H35N5O3/c1-20(21-6-4-3-5-7-21)16-25(33)31-14-10-27(35,11-15-31)18-32-19-30-24-17-22(29-13-12-28-2)8-9-23(24)26(32)34/h3-9,17,19-20,28-29,35H,10-16,18H2,1-2H3/t20-/m1/s1. The van der Waals surface area contributed by atoms with Gasteiger partial charge in [-0.3, -0.25) is 14.2 Å². The second kappa shape index (κ2) is 11.0. The van der Waals surface area contributed by atoms with Crippen LogP contribution in [0.2, 0.25) is 0 Å². The number of benzene rings is 2. The van der Waals surface area contributed by atoms with Crippen molar-refractivity contribution in [1.29, 1.82) is 0 Å². The number of nitrogens with one attached hydrogen (secondary N) is 2. The lowest BCUT2D eigenvalue weighted by Crippen LogP contribution is -2.49. The number of aromatic nitrogens is 2. The molecule has 1 atom stereocenters. The van der Waals surface area contributed by atoms with E-state index in [0.717, 1.165) is 24.3 Å². The molecule has 0 saturated carbocycles. The van der Waals surface area contributed by atoms with Crippen molar-refractivity contribution in [2.45, 2.75) is 44.2 Å². The van der Waals surface area contributed by atoms with Crippen molar-refractivity contribution >= 4 is 22.5 Å². The Kier molecular flexibility index (Phi) is 7.83. The SMILES string of the molecule is CNCCNc1ccc2c(=O)n(CC3(O)CCN(C(=O)C[C@@H](C)c4ccccc4)CC3)cnc2c1. The lowest BCUT2D eigenvalue weighted by Gasteiger charge is -2.38. The topological polar surface area (TPSA) is 99.5 Å². The number of likely N-dealkylation sites (N-methyl/N-ethyl adjacent to an activating group) is 1. The van der Waals surface area contributed by atoms with Gasteiger partial charge in [0.2, 0.25) is 5.91 Å². The summed E-state index contributed by atoms with van der Waals surface area (Å²) in [5.74, 6) is 0.248. The van der Waals surface area contributed by atoms with Crippen LogP contribution in [0, 0.1) is 0 Å². The quantitative estimate of drug-likeness (QED) is 0.410. The number of piperidine rings is 1. The van der Waals surface area contributed by atoms with E-state index in [0.29, 0.717) is 43.3 Å². The maximum Gasteiger partial charge on any atom is 0.261 e. The van der Waals surface area contributed by atoms with Crippen molar-refractivity contribution in [2.75, 3.05) is 38.5 Å². The number of nitrogens with zero attached hydrogens (tertiary/aromatic N) is 3. The molecule has 4 rings (SSSR count). The predicted octanol–water partition coefficient (Wildman–Crippen LogP) is 2.58. The average molecular weight is 478 g/mol. The molecule has 0 aliphatic carbocycles. The van der Waals surface area contributed by atoms with Gasteiger partial charge in [0.15, 0.2) is 0 Å². The van der Waals surface area contributed by atoms with Crippen molar-refractivity contribution in [1.82, 2.24) is 19.8 Å². The molecule has 0 radical (unpaired) electrons. The summed E-state index contributed by atoms with van der Waals surface area (Å²) < 4.78 is 1.49. The summed E-state index contributed by atoms with van der Waals surface area (Å²) in [4.78, 5) is 32.2. The largest absolute Gasteiger partial charge is 0.388 e. The molecule has 186 valence electrons. The molecule has 1 fully saturated rings. The molecule has 1 aromatic heterocycles. The molecule has 1 amide bonds. The van der Waals surface area contributed by atoms with E-state index in [2.05, 4.69) is 22.5 Å². The highest BCUT2D eigenvalue weighted by Crippen LogP contribution is 2.26. The van der Waals surface area contributed by atoms with Crippen LogP contribution in [0.3, 0.4) is 0 Å². The van der Waals surface area contributed by atoms with Gasteiger partial charge in [-0.1, -0.05) is 37.3 Å². The predicted molar refractivity (Wildman–Crippen MR) is 139 cm³/mol. The minimum absolute atomic E-state index is 0.104. The van der Waals surface area contributed by atoms with Crippen molar-refractivity contribution in [3.05, 3.63) is 70.8 Å². The van der Waals surface area contributed by atoms with E-state index in [4.69, 9.17) is 0 Å². The van der Waals surface area contributed by atoms with Gasteiger partial charge in [0.1, 0.15) is 0 Å². The molecular weight excluding hydrogens is 442 g/mol. The number of hydrogen-bond acceptors (Lipinski definition) is 6. The van der Waals surface area contributed by atoms with Gasteiger partial charge in [0, 0.05) is 38.3 Å². The van der Waals surface area contributed by atoms with Crippen LogP contribution in [0.15, 0.2) is 59.7 Å². The molecule has 1 aliphatic heterocycles. The molecule has 2 aromatic carbocycles. The van der Waals surface area contributed by atoms with Gasteiger partial charge >= 0.3 is 0 Å². The summed E-state index contributed by atoms with van der Waals surface area (Å²) >= 11 is 0. The Bertz CT molecular complexity index is 1200. The van der Waals surface area contributed by atoms with Gasteiger partial charge in [0.05, 0.1) is 29.4 Å². The Morgan fingerprint density at radius 3 is 2.60 bits per heavy atom. The smallest absolute Gasteiger partial charge is 0.261 e. The molecule has 8 heteroatoms. The summed E-state index contributed by atoms with van der Waals surface area (Å²) in [6.07, 6.45) is 2.82. The molecule has 0 unspecified atom stereocenters. The highest BCUT2D eigenvalue weighted by molar-refractivity contribution is 5.81. The highest BCUT2D eigenvalue weighted by Gasteiger charge is 2.35. The van der Waals surface area contributed by atoms with Gasteiger partial charge in [-0.25, -0.2) is 4.98 Å². The first-order chi connectivity index (χ1) is 16.9. The van der Waals surface area contributed by atoms with Crippen LogP contribution in [-0.2, 0) is 11.3 Å². The zero-order chi connectivity index (χ0) is 24.8. The van der Waals surface area contributed by atoms with E-state index in [9.17, 15) is 14.7 Å². The highest BCUT2D eigenvalue weighted by atomic mass is 16.3. The second-order valence-corrected chi connectivity index (χ2v) is 9.56. The molecule has 2 heterocycles. The van der Waals surface area contributed by atoms with E-state index in [1.807, 2.05) is 54.4 Å². The number of likely N-dealkylation sites (tertiary alicyclic amines) is 1. The number of anilines is 1. The van der Waals surface area contributed by atoms with Gasteiger partial charge in [0.25, 0.3) is 5.56 Å². The number of aliphatic hydroxyl groups is 1. The fraction of sp³-hybridized carbons (Fsp3) is 0.444. The summed E-state index contributed by atoms with van der Waals surface area (Å²) in [5.41, 5.74) is 1.48. The minimum Gasteiger partial charge on any atom is -0.388 e. The Morgan fingerprint density at radius 2 is 1.89 bits per heavy atom. The summed E-state index contributed by atoms with van der Waals surface area (Å²) in [6, 6.07) is 15.6. The summed E-state index contributed by atoms with van der Waals surface area (Å²) in [5, 5.41) is 18.1. The van der Waals surface area contributed by atoms with Crippen molar-refractivity contribution < 1.29 is 9.90 Å². The van der Waals surface area contributed by atoms with E-state index in [-0.39, 0.29) is 23.9 Å². The van der Waals surface area contributed by atoms with Crippen LogP contribution >= 0.6 is 0 Å². The third-order valence-corrected chi connectivity index (χ3v) is 6.89. The van der Waals surface area contributed by atoms with E-state index >= 15 is 0 Å². The van der Waals surface area contributed by atoms with Gasteiger partial charge in [-0.2, -0.15) is 0 Å². The van der Waals surface area contributed by atoms with Gasteiger partial charge < -0.3 is 20.6 Å². The third-order valence-electron chi connectivity index (χ3n) is 6.89. The molecule has 8 nitrogen and oxygen atoms in total. The van der Waals surface area contributed by atoms with Crippen LogP contribution in [0.1, 0.15) is 37.7 Å². The summed E-state index contributed by atoms with van der Waals surface area (Å²) in [7, 11) is 1.90. The number of amides is 1. The number of fused-ring (bicyclic) bond motifs is 1. The Morgan fingerprint density at radius 1 is 1.14 bits per heavy atom. The zero-order valence-electron chi connectivity index (χ0n) is 20.5. The number of hydrogen-bond donors (Lipinski definition) is 3. The monoisotopic (exact) mass is 477 g/mol. The van der Waals surface area contributed by atoms with Gasteiger partial charge in [-0.05, 0) is 49.6 Å². The van der Waals surface area contributed by atoms with E-state index in [1.165, 1.54) is 10.9 Å². The zero-order valence-corrected chi connectivity index (χ0v) is 20.5. The van der Waals surface area contributed by atoms with Crippen LogP contribution in [0.5, 0.6) is 0 Å². The Balaban J connectivity index is 1.37. The molecule has 3 N–H and O–H groups in total. The summed E-state index contributed by atoms with van der Waals surface area (Å²) in [6.45, 7) is 4.80. The van der Waals surface area contributed by atoms with Crippen LogP contribution in [-0.4, -0.2) is 64.3 Å². The van der Waals surface area contributed by atoms with Crippen molar-refractivity contribution in [3.8, 4) is 0 Å². The Labute approximate surface area is 206 Å². The molecule has 0 bridgehead atoms. The first kappa shape index (κ1) is 24.9. The van der Waals surface area contributed by atoms with E-state index in [1.54, 1.807) is 6.07 Å². The Hall–Kier alpha value is -3.23. The normalized spacial score (nSPS) is 16.3. The van der Waals surface area contributed by atoms with Crippen LogP contribution in [0.25, 0.3) is 10.9 Å².